The molecule has 1 aromatic heterocycles. The Kier molecular flexibility index (Phi) is 5.27. The highest BCUT2D eigenvalue weighted by Gasteiger charge is 2.10. The Hall–Kier alpha value is -3.21. The largest absolute Gasteiger partial charge is 0.339 e. The fourth-order valence-corrected chi connectivity index (χ4v) is 2.76. The minimum atomic E-state index is -0.278. The molecule has 0 aliphatic carbocycles. The fourth-order valence-electron chi connectivity index (χ4n) is 2.76. The lowest BCUT2D eigenvalue weighted by Gasteiger charge is -2.13. The number of benzene rings is 2. The van der Waals surface area contributed by atoms with Crippen molar-refractivity contribution in [2.75, 3.05) is 10.6 Å². The van der Waals surface area contributed by atoms with E-state index in [1.165, 1.54) is 11.8 Å². The summed E-state index contributed by atoms with van der Waals surface area (Å²) < 4.78 is 0. The van der Waals surface area contributed by atoms with Crippen LogP contribution in [0.5, 0.6) is 0 Å². The molecule has 0 saturated carbocycles. The minimum absolute atomic E-state index is 0.276. The molecule has 0 bridgehead atoms. The Balaban J connectivity index is 1.73. The van der Waals surface area contributed by atoms with Crippen LogP contribution in [0, 0.1) is 13.8 Å². The number of amides is 1. The van der Waals surface area contributed by atoms with Crippen LogP contribution in [-0.2, 0) is 6.42 Å². The molecule has 26 heavy (non-hydrogen) atoms. The van der Waals surface area contributed by atoms with E-state index in [1.807, 2.05) is 37.3 Å². The van der Waals surface area contributed by atoms with Gasteiger partial charge >= 0.3 is 0 Å². The van der Waals surface area contributed by atoms with Gasteiger partial charge in [-0.15, -0.1) is 0 Å². The summed E-state index contributed by atoms with van der Waals surface area (Å²) >= 11 is 0. The lowest BCUT2D eigenvalue weighted by molar-refractivity contribution is 0.102. The van der Waals surface area contributed by atoms with Crippen molar-refractivity contribution in [3.05, 3.63) is 77.2 Å². The van der Waals surface area contributed by atoms with Gasteiger partial charge < -0.3 is 10.6 Å². The molecule has 5 heteroatoms. The van der Waals surface area contributed by atoms with Crippen molar-refractivity contribution < 1.29 is 4.79 Å². The maximum Gasteiger partial charge on any atom is 0.275 e. The van der Waals surface area contributed by atoms with E-state index < -0.39 is 0 Å². The van der Waals surface area contributed by atoms with Crippen LogP contribution >= 0.6 is 0 Å². The molecule has 0 unspecified atom stereocenters. The van der Waals surface area contributed by atoms with Crippen LogP contribution in [0.1, 0.15) is 34.1 Å². The summed E-state index contributed by atoms with van der Waals surface area (Å²) in [6.07, 6.45) is 3.99. The smallest absolute Gasteiger partial charge is 0.275 e. The summed E-state index contributed by atoms with van der Waals surface area (Å²) in [5.41, 5.74) is 5.50. The van der Waals surface area contributed by atoms with Crippen LogP contribution < -0.4 is 10.6 Å². The van der Waals surface area contributed by atoms with Crippen LogP contribution in [-0.4, -0.2) is 15.9 Å². The zero-order chi connectivity index (χ0) is 18.5. The molecule has 0 saturated heterocycles. The van der Waals surface area contributed by atoms with Crippen LogP contribution in [0.2, 0.25) is 0 Å². The second-order valence-electron chi connectivity index (χ2n) is 6.20. The standard InChI is InChI=1S/C21H22N4O/c1-4-16-9-6-8-15(3)20(16)25-19-13-22-18(12-23-19)21(26)24-17-10-5-7-14(2)11-17/h5-13H,4H2,1-3H3,(H,23,25)(H,24,26). The first-order valence-electron chi connectivity index (χ1n) is 8.62. The van der Waals surface area contributed by atoms with Gasteiger partial charge in [0.25, 0.3) is 5.91 Å². The highest BCUT2D eigenvalue weighted by molar-refractivity contribution is 6.02. The van der Waals surface area contributed by atoms with Gasteiger partial charge in [0.1, 0.15) is 11.5 Å². The summed E-state index contributed by atoms with van der Waals surface area (Å²) in [6, 6.07) is 13.8. The molecule has 2 N–H and O–H groups in total. The lowest BCUT2D eigenvalue weighted by Crippen LogP contribution is -2.14. The average molecular weight is 346 g/mol. The molecule has 132 valence electrons. The first-order chi connectivity index (χ1) is 12.6. The Bertz CT molecular complexity index is 920. The number of para-hydroxylation sites is 1. The zero-order valence-corrected chi connectivity index (χ0v) is 15.2. The number of nitrogens with one attached hydrogen (secondary N) is 2. The number of carbonyl (C=O) groups excluding carboxylic acids is 1. The Labute approximate surface area is 153 Å². The summed E-state index contributed by atoms with van der Waals surface area (Å²) in [5.74, 6) is 0.334. The molecule has 0 aliphatic heterocycles. The van der Waals surface area contributed by atoms with E-state index in [-0.39, 0.29) is 11.6 Å². The predicted molar refractivity (Wildman–Crippen MR) is 105 cm³/mol. The molecule has 0 atom stereocenters. The van der Waals surface area contributed by atoms with E-state index in [2.05, 4.69) is 46.6 Å². The normalized spacial score (nSPS) is 10.4. The van der Waals surface area contributed by atoms with Crippen LogP contribution in [0.4, 0.5) is 17.2 Å². The van der Waals surface area contributed by atoms with Gasteiger partial charge in [0.15, 0.2) is 0 Å². The third-order valence-electron chi connectivity index (χ3n) is 4.15. The number of hydrogen-bond acceptors (Lipinski definition) is 4. The molecule has 1 amide bonds. The number of carbonyl (C=O) groups is 1. The van der Waals surface area contributed by atoms with Gasteiger partial charge in [-0.1, -0.05) is 37.3 Å². The maximum atomic E-state index is 12.3. The first kappa shape index (κ1) is 17.6. The van der Waals surface area contributed by atoms with Crippen molar-refractivity contribution >= 4 is 23.1 Å². The van der Waals surface area contributed by atoms with E-state index in [0.717, 1.165) is 28.9 Å². The number of rotatable bonds is 5. The van der Waals surface area contributed by atoms with E-state index in [1.54, 1.807) is 6.20 Å². The Morgan fingerprint density at radius 2 is 1.85 bits per heavy atom. The summed E-state index contributed by atoms with van der Waals surface area (Å²) in [4.78, 5) is 20.9. The predicted octanol–water partition coefficient (Wildman–Crippen LogP) is 4.65. The molecule has 3 rings (SSSR count). The van der Waals surface area contributed by atoms with Crippen molar-refractivity contribution in [1.29, 1.82) is 0 Å². The summed E-state index contributed by atoms with van der Waals surface area (Å²) in [5, 5.41) is 6.14. The summed E-state index contributed by atoms with van der Waals surface area (Å²) in [6.45, 7) is 6.15. The number of hydrogen-bond donors (Lipinski definition) is 2. The van der Waals surface area contributed by atoms with Crippen LogP contribution in [0.25, 0.3) is 0 Å². The first-order valence-corrected chi connectivity index (χ1v) is 8.62. The molecule has 0 fully saturated rings. The van der Waals surface area contributed by atoms with Gasteiger partial charge in [0.05, 0.1) is 12.4 Å². The van der Waals surface area contributed by atoms with Crippen molar-refractivity contribution in [2.24, 2.45) is 0 Å². The van der Waals surface area contributed by atoms with Gasteiger partial charge in [-0.25, -0.2) is 9.97 Å². The molecule has 2 aromatic carbocycles. The van der Waals surface area contributed by atoms with Crippen molar-refractivity contribution in [3.63, 3.8) is 0 Å². The molecule has 0 radical (unpaired) electrons. The fraction of sp³-hybridized carbons (Fsp3) is 0.190. The van der Waals surface area contributed by atoms with E-state index >= 15 is 0 Å². The number of aryl methyl sites for hydroxylation is 3. The van der Waals surface area contributed by atoms with Gasteiger partial charge in [0.2, 0.25) is 0 Å². The quantitative estimate of drug-likeness (QED) is 0.705. The van der Waals surface area contributed by atoms with E-state index in [0.29, 0.717) is 5.82 Å². The third-order valence-corrected chi connectivity index (χ3v) is 4.15. The lowest BCUT2D eigenvalue weighted by atomic mass is 10.1. The second kappa shape index (κ2) is 7.78. The van der Waals surface area contributed by atoms with Gasteiger partial charge in [-0.3, -0.25) is 4.79 Å². The van der Waals surface area contributed by atoms with E-state index in [4.69, 9.17) is 0 Å². The zero-order valence-electron chi connectivity index (χ0n) is 15.2. The molecule has 5 nitrogen and oxygen atoms in total. The highest BCUT2D eigenvalue weighted by Crippen LogP contribution is 2.24. The van der Waals surface area contributed by atoms with E-state index in [9.17, 15) is 4.79 Å². The monoisotopic (exact) mass is 346 g/mol. The Morgan fingerprint density at radius 3 is 2.54 bits per heavy atom. The molecule has 3 aromatic rings. The molecule has 0 spiro atoms. The molecule has 1 heterocycles. The van der Waals surface area contributed by atoms with Crippen molar-refractivity contribution in [1.82, 2.24) is 9.97 Å². The molecule has 0 aliphatic rings. The van der Waals surface area contributed by atoms with Crippen LogP contribution in [0.3, 0.4) is 0 Å². The van der Waals surface area contributed by atoms with Gasteiger partial charge in [-0.2, -0.15) is 0 Å². The van der Waals surface area contributed by atoms with Crippen molar-refractivity contribution in [3.8, 4) is 0 Å². The summed E-state index contributed by atoms with van der Waals surface area (Å²) in [7, 11) is 0. The number of aromatic nitrogens is 2. The van der Waals surface area contributed by atoms with Gasteiger partial charge in [-0.05, 0) is 49.1 Å². The number of nitrogens with zero attached hydrogens (tertiary/aromatic N) is 2. The molecular weight excluding hydrogens is 324 g/mol. The van der Waals surface area contributed by atoms with Crippen molar-refractivity contribution in [2.45, 2.75) is 27.2 Å². The van der Waals surface area contributed by atoms with Crippen LogP contribution in [0.15, 0.2) is 54.9 Å². The second-order valence-corrected chi connectivity index (χ2v) is 6.20. The average Bonchev–Trinajstić information content (AvgIpc) is 2.64. The minimum Gasteiger partial charge on any atom is -0.339 e. The Morgan fingerprint density at radius 1 is 1.04 bits per heavy atom. The van der Waals surface area contributed by atoms with Gasteiger partial charge in [0, 0.05) is 11.4 Å². The highest BCUT2D eigenvalue weighted by atomic mass is 16.1. The topological polar surface area (TPSA) is 66.9 Å². The third kappa shape index (κ3) is 4.06. The molecular formula is C21H22N4O. The maximum absolute atomic E-state index is 12.3. The SMILES string of the molecule is CCc1cccc(C)c1Nc1cnc(C(=O)Nc2cccc(C)c2)cn1. The number of anilines is 3.